The highest BCUT2D eigenvalue weighted by Gasteiger charge is 2.10. The van der Waals surface area contributed by atoms with E-state index in [0.717, 1.165) is 0 Å². The predicted molar refractivity (Wildman–Crippen MR) is 39.7 cm³/mol. The van der Waals surface area contributed by atoms with Crippen LogP contribution in [0.4, 0.5) is 0 Å². The smallest absolute Gasteiger partial charge is 0.322 e. The van der Waals surface area contributed by atoms with Crippen LogP contribution < -0.4 is 5.32 Å². The van der Waals surface area contributed by atoms with Gasteiger partial charge >= 0.3 is 5.97 Å². The quantitative estimate of drug-likeness (QED) is 0.461. The Hall–Kier alpha value is -1.08. The van der Waals surface area contributed by atoms with Crippen molar-refractivity contribution in [3.05, 3.63) is 0 Å². The Labute approximate surface area is 66.1 Å². The first-order chi connectivity index (χ1) is 5.22. The first-order valence-corrected chi connectivity index (χ1v) is 3.40. The average Bonchev–Trinajstić information content (AvgIpc) is 2.03. The van der Waals surface area contributed by atoms with Gasteiger partial charge in [0.25, 0.3) is 0 Å². The molecule has 0 aliphatic rings. The Bertz CT molecular complexity index is 162. The Morgan fingerprint density at radius 1 is 1.82 bits per heavy atom. The molecule has 1 N–H and O–H groups in total. The van der Waals surface area contributed by atoms with Crippen LogP contribution in [0.15, 0.2) is 0 Å². The molecule has 0 bridgehead atoms. The second-order valence-electron chi connectivity index (χ2n) is 2.11. The number of hydrogen-bond donors (Lipinski definition) is 1. The molecule has 0 saturated carbocycles. The summed E-state index contributed by atoms with van der Waals surface area (Å²) in [4.78, 5) is 10.7. The van der Waals surface area contributed by atoms with E-state index in [4.69, 9.17) is 5.26 Å². The molecule has 0 saturated heterocycles. The van der Waals surface area contributed by atoms with E-state index in [1.165, 1.54) is 7.11 Å². The van der Waals surface area contributed by atoms with E-state index in [1.807, 2.05) is 6.07 Å². The molecule has 0 fully saturated rings. The lowest BCUT2D eigenvalue weighted by molar-refractivity contribution is -0.142. The van der Waals surface area contributed by atoms with Crippen LogP contribution in [0.5, 0.6) is 0 Å². The van der Waals surface area contributed by atoms with Crippen LogP contribution in [0.2, 0.25) is 0 Å². The Balaban J connectivity index is 3.45. The first-order valence-electron chi connectivity index (χ1n) is 3.40. The number of esters is 1. The normalized spacial score (nSPS) is 11.7. The predicted octanol–water partition coefficient (Wildman–Crippen LogP) is 0.0512. The Morgan fingerprint density at radius 2 is 2.45 bits per heavy atom. The lowest BCUT2D eigenvalue weighted by atomic mass is 10.3. The number of nitriles is 1. The molecule has 1 atom stereocenters. The van der Waals surface area contributed by atoms with Crippen molar-refractivity contribution in [3.63, 3.8) is 0 Å². The van der Waals surface area contributed by atoms with E-state index in [0.29, 0.717) is 13.0 Å². The molecule has 62 valence electrons. The molecule has 0 amide bonds. The second kappa shape index (κ2) is 5.69. The second-order valence-corrected chi connectivity index (χ2v) is 2.11. The third-order valence-corrected chi connectivity index (χ3v) is 1.24. The summed E-state index contributed by atoms with van der Waals surface area (Å²) in [6, 6.07) is 1.64. The molecule has 4 heteroatoms. The van der Waals surface area contributed by atoms with E-state index in [-0.39, 0.29) is 12.0 Å². The Morgan fingerprint density at radius 3 is 2.91 bits per heavy atom. The lowest BCUT2D eigenvalue weighted by Gasteiger charge is -2.08. The number of hydrogen-bond acceptors (Lipinski definition) is 4. The molecule has 0 aromatic rings. The van der Waals surface area contributed by atoms with Crippen molar-refractivity contribution in [1.29, 1.82) is 5.26 Å². The SMILES string of the molecule is COC(=O)[C@H](C)NCCC#N. The van der Waals surface area contributed by atoms with Crippen molar-refractivity contribution in [2.45, 2.75) is 19.4 Å². The van der Waals surface area contributed by atoms with Crippen molar-refractivity contribution in [2.24, 2.45) is 0 Å². The molecule has 0 rings (SSSR count). The van der Waals surface area contributed by atoms with Crippen LogP contribution in [0.1, 0.15) is 13.3 Å². The summed E-state index contributed by atoms with van der Waals surface area (Å²) in [5.74, 6) is -0.303. The molecule has 0 aromatic heterocycles. The van der Waals surface area contributed by atoms with Crippen molar-refractivity contribution in [2.75, 3.05) is 13.7 Å². The van der Waals surface area contributed by atoms with E-state index in [2.05, 4.69) is 10.1 Å². The number of rotatable bonds is 4. The van der Waals surface area contributed by atoms with Crippen molar-refractivity contribution < 1.29 is 9.53 Å². The lowest BCUT2D eigenvalue weighted by Crippen LogP contribution is -2.35. The van der Waals surface area contributed by atoms with Gasteiger partial charge in [-0.2, -0.15) is 5.26 Å². The maximum absolute atomic E-state index is 10.7. The van der Waals surface area contributed by atoms with Crippen molar-refractivity contribution in [1.82, 2.24) is 5.32 Å². The fourth-order valence-corrected chi connectivity index (χ4v) is 0.605. The van der Waals surface area contributed by atoms with Crippen LogP contribution in [0.3, 0.4) is 0 Å². The molecular weight excluding hydrogens is 144 g/mol. The fraction of sp³-hybridized carbons (Fsp3) is 0.714. The van der Waals surface area contributed by atoms with Crippen molar-refractivity contribution >= 4 is 5.97 Å². The van der Waals surface area contributed by atoms with Crippen molar-refractivity contribution in [3.8, 4) is 6.07 Å². The molecule has 4 nitrogen and oxygen atoms in total. The van der Waals surface area contributed by atoms with E-state index < -0.39 is 0 Å². The zero-order valence-electron chi connectivity index (χ0n) is 6.76. The highest BCUT2D eigenvalue weighted by molar-refractivity contribution is 5.74. The number of nitrogens with zero attached hydrogens (tertiary/aromatic N) is 1. The summed E-state index contributed by atoms with van der Waals surface area (Å²) in [7, 11) is 1.34. The molecule has 0 unspecified atom stereocenters. The van der Waals surface area contributed by atoms with Gasteiger partial charge in [-0.25, -0.2) is 0 Å². The molecule has 0 aromatic carbocycles. The molecule has 0 heterocycles. The van der Waals surface area contributed by atoms with Crippen LogP contribution in [-0.4, -0.2) is 25.7 Å². The van der Waals surface area contributed by atoms with Gasteiger partial charge < -0.3 is 10.1 Å². The maximum atomic E-state index is 10.7. The highest BCUT2D eigenvalue weighted by atomic mass is 16.5. The highest BCUT2D eigenvalue weighted by Crippen LogP contribution is 1.85. The van der Waals surface area contributed by atoms with Crippen LogP contribution in [-0.2, 0) is 9.53 Å². The summed E-state index contributed by atoms with van der Waals surface area (Å²) in [5, 5.41) is 11.0. The summed E-state index contributed by atoms with van der Waals surface area (Å²) >= 11 is 0. The summed E-state index contributed by atoms with van der Waals surface area (Å²) in [6.45, 7) is 2.22. The standard InChI is InChI=1S/C7H12N2O2/c1-6(7(10)11-2)9-5-3-4-8/h6,9H,3,5H2,1-2H3/t6-/m0/s1. The molecule has 11 heavy (non-hydrogen) atoms. The molecule has 0 spiro atoms. The molecule has 0 aliphatic carbocycles. The minimum absolute atomic E-state index is 0.303. The first kappa shape index (κ1) is 9.92. The zero-order chi connectivity index (χ0) is 8.69. The molecule has 0 radical (unpaired) electrons. The largest absolute Gasteiger partial charge is 0.468 e. The van der Waals surface area contributed by atoms with Gasteiger partial charge in [0, 0.05) is 13.0 Å². The van der Waals surface area contributed by atoms with Crippen LogP contribution in [0, 0.1) is 11.3 Å². The Kier molecular flexibility index (Phi) is 5.13. The van der Waals surface area contributed by atoms with Gasteiger partial charge in [0.15, 0.2) is 0 Å². The van der Waals surface area contributed by atoms with Gasteiger partial charge in [-0.05, 0) is 6.92 Å². The minimum Gasteiger partial charge on any atom is -0.468 e. The zero-order valence-corrected chi connectivity index (χ0v) is 6.76. The van der Waals surface area contributed by atoms with Crippen LogP contribution in [0.25, 0.3) is 0 Å². The monoisotopic (exact) mass is 156 g/mol. The number of carbonyl (C=O) groups excluding carboxylic acids is 1. The van der Waals surface area contributed by atoms with Gasteiger partial charge in [-0.3, -0.25) is 4.79 Å². The average molecular weight is 156 g/mol. The maximum Gasteiger partial charge on any atom is 0.322 e. The number of nitrogens with one attached hydrogen (secondary N) is 1. The molecule has 0 aliphatic heterocycles. The van der Waals surface area contributed by atoms with E-state index >= 15 is 0 Å². The summed E-state index contributed by atoms with van der Waals surface area (Å²) < 4.78 is 4.46. The van der Waals surface area contributed by atoms with Gasteiger partial charge in [-0.15, -0.1) is 0 Å². The van der Waals surface area contributed by atoms with E-state index in [1.54, 1.807) is 6.92 Å². The third kappa shape index (κ3) is 4.34. The molecular formula is C7H12N2O2. The minimum atomic E-state index is -0.326. The van der Waals surface area contributed by atoms with Gasteiger partial charge in [0.05, 0.1) is 13.2 Å². The third-order valence-electron chi connectivity index (χ3n) is 1.24. The topological polar surface area (TPSA) is 62.1 Å². The summed E-state index contributed by atoms with van der Waals surface area (Å²) in [6.07, 6.45) is 0.404. The van der Waals surface area contributed by atoms with Crippen LogP contribution >= 0.6 is 0 Å². The summed E-state index contributed by atoms with van der Waals surface area (Å²) in [5.41, 5.74) is 0. The van der Waals surface area contributed by atoms with Gasteiger partial charge in [0.2, 0.25) is 0 Å². The van der Waals surface area contributed by atoms with Gasteiger partial charge in [0.1, 0.15) is 6.04 Å². The number of methoxy groups -OCH3 is 1. The number of carbonyl (C=O) groups is 1. The fourth-order valence-electron chi connectivity index (χ4n) is 0.605. The van der Waals surface area contributed by atoms with Gasteiger partial charge in [-0.1, -0.05) is 0 Å². The number of ether oxygens (including phenoxy) is 1. The van der Waals surface area contributed by atoms with E-state index in [9.17, 15) is 4.79 Å².